The summed E-state index contributed by atoms with van der Waals surface area (Å²) in [6.45, 7) is 0.0578. The summed E-state index contributed by atoms with van der Waals surface area (Å²) < 4.78 is 10.7. The van der Waals surface area contributed by atoms with E-state index in [1.165, 1.54) is 24.7 Å². The highest BCUT2D eigenvalue weighted by atomic mass is 35.5. The Kier molecular flexibility index (Phi) is 8.64. The summed E-state index contributed by atoms with van der Waals surface area (Å²) in [5.41, 5.74) is 6.14. The second-order valence-electron chi connectivity index (χ2n) is 7.47. The smallest absolute Gasteiger partial charge is 0.271 e. The normalized spacial score (nSPS) is 10.6. The first-order chi connectivity index (χ1) is 18.0. The van der Waals surface area contributed by atoms with Gasteiger partial charge in [-0.25, -0.2) is 10.4 Å². The molecule has 0 aliphatic rings. The lowest BCUT2D eigenvalue weighted by molar-refractivity contribution is 0.0955. The maximum Gasteiger partial charge on any atom is 0.271 e. The summed E-state index contributed by atoms with van der Waals surface area (Å²) >= 11 is 13.7. The maximum absolute atomic E-state index is 12.5. The first-order valence-electron chi connectivity index (χ1n) is 10.8. The highest BCUT2D eigenvalue weighted by Gasteiger charge is 2.12. The molecule has 1 heterocycles. The number of amides is 1. The zero-order chi connectivity index (χ0) is 26.2. The first kappa shape index (κ1) is 26.0. The second kappa shape index (κ2) is 12.3. The molecular formula is C27H20Cl2N4O3S. The van der Waals surface area contributed by atoms with Crippen LogP contribution >= 0.6 is 34.5 Å². The molecular weight excluding hydrogens is 531 g/mol. The first-order valence-corrected chi connectivity index (χ1v) is 12.5. The third-order valence-corrected chi connectivity index (χ3v) is 6.26. The molecule has 0 unspecified atom stereocenters. The van der Waals surface area contributed by atoms with Crippen LogP contribution in [0.1, 0.15) is 15.9 Å². The van der Waals surface area contributed by atoms with E-state index < -0.39 is 0 Å². The molecule has 0 spiro atoms. The minimum Gasteiger partial charge on any atom is -0.493 e. The molecule has 10 heteroatoms. The minimum absolute atomic E-state index is 0.0578. The molecule has 0 radical (unpaired) electrons. The molecule has 0 saturated heterocycles. The molecule has 0 bridgehead atoms. The van der Waals surface area contributed by atoms with Crippen molar-refractivity contribution in [3.05, 3.63) is 87.2 Å². The molecule has 0 fully saturated rings. The van der Waals surface area contributed by atoms with Crippen molar-refractivity contribution >= 4 is 57.5 Å². The average molecular weight is 551 g/mol. The molecule has 0 aliphatic carbocycles. The van der Waals surface area contributed by atoms with E-state index in [1.807, 2.05) is 41.8 Å². The molecule has 0 saturated carbocycles. The number of aromatic nitrogens is 1. The molecule has 4 aromatic rings. The van der Waals surface area contributed by atoms with Gasteiger partial charge in [0.15, 0.2) is 16.6 Å². The van der Waals surface area contributed by atoms with Gasteiger partial charge in [0.2, 0.25) is 0 Å². The minimum atomic E-state index is -0.363. The van der Waals surface area contributed by atoms with Crippen LogP contribution in [0.15, 0.2) is 71.1 Å². The van der Waals surface area contributed by atoms with Gasteiger partial charge in [-0.05, 0) is 54.1 Å². The Balaban J connectivity index is 1.37. The van der Waals surface area contributed by atoms with E-state index in [2.05, 4.69) is 26.7 Å². The van der Waals surface area contributed by atoms with Gasteiger partial charge in [0.1, 0.15) is 6.61 Å². The van der Waals surface area contributed by atoms with Gasteiger partial charge in [-0.3, -0.25) is 4.79 Å². The number of ether oxygens (including phenoxy) is 2. The molecule has 37 heavy (non-hydrogen) atoms. The Morgan fingerprint density at radius 1 is 1.16 bits per heavy atom. The predicted octanol–water partition coefficient (Wildman–Crippen LogP) is 6.65. The van der Waals surface area contributed by atoms with Gasteiger partial charge in [-0.15, -0.1) is 17.8 Å². The standard InChI is InChI=1S/C27H20Cl2N4O3S/c1-3-12-36-25-22(29)13-17(14-24(25)35-2)15-30-33-26(34)19-6-4-18(5-7-19)23-16-37-27(32-23)31-21-10-8-20(28)9-11-21/h1,4-11,13-16H,12H2,2H3,(H,31,32)(H,33,34)/b30-15-. The molecule has 1 amide bonds. The number of carbonyl (C=O) groups excluding carboxylic acids is 1. The van der Waals surface area contributed by atoms with Gasteiger partial charge in [0, 0.05) is 27.2 Å². The summed E-state index contributed by atoms with van der Waals surface area (Å²) in [5.74, 6) is 2.76. The van der Waals surface area contributed by atoms with Crippen LogP contribution in [-0.4, -0.2) is 30.8 Å². The zero-order valence-electron chi connectivity index (χ0n) is 19.5. The van der Waals surface area contributed by atoms with Gasteiger partial charge in [0.05, 0.1) is 24.0 Å². The number of methoxy groups -OCH3 is 1. The summed E-state index contributed by atoms with van der Waals surface area (Å²) in [6, 6.07) is 17.8. The Morgan fingerprint density at radius 2 is 1.92 bits per heavy atom. The number of rotatable bonds is 9. The predicted molar refractivity (Wildman–Crippen MR) is 150 cm³/mol. The van der Waals surface area contributed by atoms with Crippen molar-refractivity contribution < 1.29 is 14.3 Å². The number of benzene rings is 3. The number of carbonyl (C=O) groups is 1. The SMILES string of the molecule is C#CCOc1c(Cl)cc(/C=N\NC(=O)c2ccc(-c3csc(Nc4ccc(Cl)cc4)n3)cc2)cc1OC. The molecule has 1 aromatic heterocycles. The summed E-state index contributed by atoms with van der Waals surface area (Å²) in [4.78, 5) is 17.1. The Labute approximate surface area is 228 Å². The van der Waals surface area contributed by atoms with E-state index in [0.717, 1.165) is 22.1 Å². The fraction of sp³-hybridized carbons (Fsp3) is 0.0741. The van der Waals surface area contributed by atoms with E-state index in [1.54, 1.807) is 24.3 Å². The fourth-order valence-electron chi connectivity index (χ4n) is 3.21. The Bertz CT molecular complexity index is 1460. The van der Waals surface area contributed by atoms with Gasteiger partial charge < -0.3 is 14.8 Å². The van der Waals surface area contributed by atoms with E-state index in [4.69, 9.17) is 39.1 Å². The lowest BCUT2D eigenvalue weighted by Crippen LogP contribution is -2.17. The van der Waals surface area contributed by atoms with Crippen molar-refractivity contribution in [2.75, 3.05) is 19.0 Å². The number of hydrogen-bond acceptors (Lipinski definition) is 7. The van der Waals surface area contributed by atoms with Gasteiger partial charge in [0.25, 0.3) is 5.91 Å². The van der Waals surface area contributed by atoms with Gasteiger partial charge in [-0.2, -0.15) is 5.10 Å². The zero-order valence-corrected chi connectivity index (χ0v) is 21.8. The van der Waals surface area contributed by atoms with Crippen LogP contribution in [0.25, 0.3) is 11.3 Å². The largest absolute Gasteiger partial charge is 0.493 e. The van der Waals surface area contributed by atoms with Crippen molar-refractivity contribution in [1.82, 2.24) is 10.4 Å². The number of terminal acetylenes is 1. The maximum atomic E-state index is 12.5. The fourth-order valence-corrected chi connectivity index (χ4v) is 4.35. The van der Waals surface area contributed by atoms with Gasteiger partial charge in [-0.1, -0.05) is 41.3 Å². The van der Waals surface area contributed by atoms with Crippen molar-refractivity contribution in [1.29, 1.82) is 0 Å². The lowest BCUT2D eigenvalue weighted by atomic mass is 10.1. The molecule has 7 nitrogen and oxygen atoms in total. The molecule has 0 atom stereocenters. The summed E-state index contributed by atoms with van der Waals surface area (Å²) in [6.07, 6.45) is 6.68. The number of thiazole rings is 1. The van der Waals surface area contributed by atoms with Crippen molar-refractivity contribution in [3.63, 3.8) is 0 Å². The van der Waals surface area contributed by atoms with Crippen LogP contribution in [0.2, 0.25) is 10.0 Å². The highest BCUT2D eigenvalue weighted by molar-refractivity contribution is 7.14. The molecule has 3 aromatic carbocycles. The number of nitrogens with one attached hydrogen (secondary N) is 2. The number of nitrogens with zero attached hydrogens (tertiary/aromatic N) is 2. The number of halogens is 2. The highest BCUT2D eigenvalue weighted by Crippen LogP contribution is 2.36. The quantitative estimate of drug-likeness (QED) is 0.138. The lowest BCUT2D eigenvalue weighted by Gasteiger charge is -2.11. The van der Waals surface area contributed by atoms with Crippen LogP contribution < -0.4 is 20.2 Å². The average Bonchev–Trinajstić information content (AvgIpc) is 3.37. The topological polar surface area (TPSA) is 84.8 Å². The third kappa shape index (κ3) is 6.80. The Morgan fingerprint density at radius 3 is 2.62 bits per heavy atom. The monoisotopic (exact) mass is 550 g/mol. The van der Waals surface area contributed by atoms with Crippen LogP contribution in [0.5, 0.6) is 11.5 Å². The van der Waals surface area contributed by atoms with Crippen molar-refractivity contribution in [3.8, 4) is 35.1 Å². The van der Waals surface area contributed by atoms with E-state index in [-0.39, 0.29) is 12.5 Å². The summed E-state index contributed by atoms with van der Waals surface area (Å²) in [7, 11) is 1.49. The Hall–Kier alpha value is -4.03. The second-order valence-corrected chi connectivity index (χ2v) is 9.17. The molecule has 2 N–H and O–H groups in total. The third-order valence-electron chi connectivity index (χ3n) is 4.97. The van der Waals surface area contributed by atoms with Crippen LogP contribution in [-0.2, 0) is 0 Å². The molecule has 186 valence electrons. The van der Waals surface area contributed by atoms with Crippen LogP contribution in [0.3, 0.4) is 0 Å². The molecule has 4 rings (SSSR count). The van der Waals surface area contributed by atoms with E-state index >= 15 is 0 Å². The van der Waals surface area contributed by atoms with E-state index in [9.17, 15) is 4.79 Å². The number of anilines is 2. The number of hydrogen-bond donors (Lipinski definition) is 2. The van der Waals surface area contributed by atoms with E-state index in [0.29, 0.717) is 32.7 Å². The van der Waals surface area contributed by atoms with Crippen molar-refractivity contribution in [2.45, 2.75) is 0 Å². The van der Waals surface area contributed by atoms with Crippen LogP contribution in [0.4, 0.5) is 10.8 Å². The van der Waals surface area contributed by atoms with Crippen molar-refractivity contribution in [2.24, 2.45) is 5.10 Å². The van der Waals surface area contributed by atoms with Gasteiger partial charge >= 0.3 is 0 Å². The molecule has 0 aliphatic heterocycles. The van der Waals surface area contributed by atoms with Crippen LogP contribution in [0, 0.1) is 12.3 Å². The number of hydrazone groups is 1. The summed E-state index contributed by atoms with van der Waals surface area (Å²) in [5, 5.41) is 10.9.